The number of anilines is 1. The highest BCUT2D eigenvalue weighted by Gasteiger charge is 2.27. The minimum absolute atomic E-state index is 0.223. The van der Waals surface area contributed by atoms with Gasteiger partial charge in [-0.3, -0.25) is 4.79 Å². The van der Waals surface area contributed by atoms with Crippen LogP contribution in [0, 0.1) is 0 Å². The number of amides is 1. The quantitative estimate of drug-likeness (QED) is 0.867. The van der Waals surface area contributed by atoms with E-state index in [0.717, 1.165) is 29.7 Å². The van der Waals surface area contributed by atoms with Crippen molar-refractivity contribution in [2.75, 3.05) is 19.5 Å². The first-order valence-electron chi connectivity index (χ1n) is 7.46. The fraction of sp³-hybridized carbons (Fsp3) is 0.294. The van der Waals surface area contributed by atoms with Gasteiger partial charge in [-0.15, -0.1) is 11.3 Å². The van der Waals surface area contributed by atoms with Crippen molar-refractivity contribution in [1.82, 2.24) is 0 Å². The number of rotatable bonds is 5. The Labute approximate surface area is 143 Å². The van der Waals surface area contributed by atoms with Gasteiger partial charge in [-0.05, 0) is 43.0 Å². The molecule has 24 heavy (non-hydrogen) atoms. The van der Waals surface area contributed by atoms with Gasteiger partial charge in [-0.1, -0.05) is 0 Å². The van der Waals surface area contributed by atoms with Crippen LogP contribution >= 0.6 is 11.3 Å². The molecule has 1 aliphatic rings. The minimum atomic E-state index is -1.00. The number of benzene rings is 1. The Morgan fingerprint density at radius 3 is 2.58 bits per heavy atom. The van der Waals surface area contributed by atoms with E-state index < -0.39 is 5.97 Å². The lowest BCUT2D eigenvalue weighted by molar-refractivity contribution is 0.0697. The van der Waals surface area contributed by atoms with Crippen LogP contribution in [0.25, 0.3) is 0 Å². The second-order valence-electron chi connectivity index (χ2n) is 5.39. The van der Waals surface area contributed by atoms with E-state index in [0.29, 0.717) is 22.1 Å². The second-order valence-corrected chi connectivity index (χ2v) is 6.50. The third kappa shape index (κ3) is 2.82. The van der Waals surface area contributed by atoms with Crippen molar-refractivity contribution < 1.29 is 24.2 Å². The second kappa shape index (κ2) is 6.52. The number of hydrogen-bond acceptors (Lipinski definition) is 5. The maximum atomic E-state index is 12.5. The van der Waals surface area contributed by atoms with Crippen molar-refractivity contribution in [3.05, 3.63) is 39.8 Å². The Kier molecular flexibility index (Phi) is 4.44. The minimum Gasteiger partial charge on any atom is -0.493 e. The van der Waals surface area contributed by atoms with Gasteiger partial charge in [0.25, 0.3) is 5.91 Å². The summed E-state index contributed by atoms with van der Waals surface area (Å²) in [4.78, 5) is 25.1. The molecule has 0 atom stereocenters. The third-order valence-corrected chi connectivity index (χ3v) is 5.22. The van der Waals surface area contributed by atoms with Crippen LogP contribution in [0.3, 0.4) is 0 Å². The number of aromatic carboxylic acids is 1. The molecule has 0 spiro atoms. The van der Waals surface area contributed by atoms with Gasteiger partial charge >= 0.3 is 5.97 Å². The average Bonchev–Trinajstić information content (AvgIpc) is 3.14. The number of ether oxygens (including phenoxy) is 2. The molecule has 1 aromatic carbocycles. The molecule has 0 unspecified atom stereocenters. The van der Waals surface area contributed by atoms with Crippen LogP contribution in [0.1, 0.15) is 37.6 Å². The van der Waals surface area contributed by atoms with Crippen LogP contribution in [0.2, 0.25) is 0 Å². The number of carbonyl (C=O) groups excluding carboxylic acids is 1. The SMILES string of the molecule is COc1ccc(C(=O)Nc2sc3c(c2C(=O)O)CCC3)cc1OC. The topological polar surface area (TPSA) is 84.9 Å². The normalized spacial score (nSPS) is 12.6. The number of methoxy groups -OCH3 is 2. The van der Waals surface area contributed by atoms with Crippen LogP contribution in [0.4, 0.5) is 5.00 Å². The number of hydrogen-bond donors (Lipinski definition) is 2. The van der Waals surface area contributed by atoms with Crippen LogP contribution in [-0.2, 0) is 12.8 Å². The molecular formula is C17H17NO5S. The number of carbonyl (C=O) groups is 2. The lowest BCUT2D eigenvalue weighted by Crippen LogP contribution is -2.14. The maximum absolute atomic E-state index is 12.5. The number of carboxylic acid groups (broad SMARTS) is 1. The molecule has 1 aromatic heterocycles. The summed E-state index contributed by atoms with van der Waals surface area (Å²) in [7, 11) is 3.01. The Morgan fingerprint density at radius 2 is 1.92 bits per heavy atom. The molecule has 3 rings (SSSR count). The van der Waals surface area contributed by atoms with Gasteiger partial charge in [-0.25, -0.2) is 4.79 Å². The standard InChI is InChI=1S/C17H17NO5S/c1-22-11-7-6-9(8-12(11)23-2)15(19)18-16-14(17(20)21)10-4-3-5-13(10)24-16/h6-8H,3-5H2,1-2H3,(H,18,19)(H,20,21). The fourth-order valence-electron chi connectivity index (χ4n) is 2.87. The number of aryl methyl sites for hydroxylation is 1. The van der Waals surface area contributed by atoms with Gasteiger partial charge in [0.15, 0.2) is 11.5 Å². The summed E-state index contributed by atoms with van der Waals surface area (Å²) in [6, 6.07) is 4.81. The van der Waals surface area contributed by atoms with E-state index >= 15 is 0 Å². The Bertz CT molecular complexity index is 812. The zero-order chi connectivity index (χ0) is 17.3. The van der Waals surface area contributed by atoms with Gasteiger partial charge in [0.05, 0.1) is 19.8 Å². The molecular weight excluding hydrogens is 330 g/mol. The Hall–Kier alpha value is -2.54. The number of carboxylic acids is 1. The van der Waals surface area contributed by atoms with Gasteiger partial charge in [0, 0.05) is 10.4 Å². The van der Waals surface area contributed by atoms with Crippen molar-refractivity contribution in [2.24, 2.45) is 0 Å². The van der Waals surface area contributed by atoms with Crippen LogP contribution in [0.5, 0.6) is 11.5 Å². The zero-order valence-electron chi connectivity index (χ0n) is 13.3. The monoisotopic (exact) mass is 347 g/mol. The number of thiophene rings is 1. The Balaban J connectivity index is 1.89. The van der Waals surface area contributed by atoms with E-state index in [1.807, 2.05) is 0 Å². The smallest absolute Gasteiger partial charge is 0.339 e. The van der Waals surface area contributed by atoms with Crippen molar-refractivity contribution in [3.63, 3.8) is 0 Å². The lowest BCUT2D eigenvalue weighted by atomic mass is 10.1. The summed E-state index contributed by atoms with van der Waals surface area (Å²) in [5.41, 5.74) is 1.45. The molecule has 1 heterocycles. The molecule has 2 aromatic rings. The highest BCUT2D eigenvalue weighted by atomic mass is 32.1. The summed E-state index contributed by atoms with van der Waals surface area (Å²) in [6.45, 7) is 0. The first kappa shape index (κ1) is 16.3. The first-order valence-corrected chi connectivity index (χ1v) is 8.28. The lowest BCUT2D eigenvalue weighted by Gasteiger charge is -2.10. The van der Waals surface area contributed by atoms with Crippen LogP contribution in [0.15, 0.2) is 18.2 Å². The van der Waals surface area contributed by atoms with Crippen molar-refractivity contribution in [1.29, 1.82) is 0 Å². The predicted molar refractivity (Wildman–Crippen MR) is 90.8 cm³/mol. The molecule has 1 aliphatic carbocycles. The Morgan fingerprint density at radius 1 is 1.17 bits per heavy atom. The van der Waals surface area contributed by atoms with Gasteiger partial charge in [0.1, 0.15) is 5.00 Å². The molecule has 0 saturated heterocycles. The third-order valence-electron chi connectivity index (χ3n) is 4.01. The molecule has 7 heteroatoms. The molecule has 1 amide bonds. The van der Waals surface area contributed by atoms with Crippen molar-refractivity contribution >= 4 is 28.2 Å². The number of fused-ring (bicyclic) bond motifs is 1. The number of nitrogens with one attached hydrogen (secondary N) is 1. The van der Waals surface area contributed by atoms with Crippen molar-refractivity contribution in [3.8, 4) is 11.5 Å². The molecule has 6 nitrogen and oxygen atoms in total. The van der Waals surface area contributed by atoms with Crippen LogP contribution < -0.4 is 14.8 Å². The van der Waals surface area contributed by atoms with E-state index in [1.54, 1.807) is 18.2 Å². The van der Waals surface area contributed by atoms with Crippen LogP contribution in [-0.4, -0.2) is 31.2 Å². The van der Waals surface area contributed by atoms with E-state index in [1.165, 1.54) is 25.6 Å². The van der Waals surface area contributed by atoms with E-state index in [-0.39, 0.29) is 11.5 Å². The molecule has 0 radical (unpaired) electrons. The summed E-state index contributed by atoms with van der Waals surface area (Å²) in [6.07, 6.45) is 2.58. The molecule has 0 aliphatic heterocycles. The van der Waals surface area contributed by atoms with E-state index in [2.05, 4.69) is 5.32 Å². The summed E-state index contributed by atoms with van der Waals surface area (Å²) in [5, 5.41) is 12.6. The van der Waals surface area contributed by atoms with Gasteiger partial charge in [-0.2, -0.15) is 0 Å². The molecule has 0 fully saturated rings. The average molecular weight is 347 g/mol. The fourth-order valence-corrected chi connectivity index (χ4v) is 4.15. The summed E-state index contributed by atoms with van der Waals surface area (Å²) < 4.78 is 10.3. The predicted octanol–water partition coefficient (Wildman–Crippen LogP) is 3.20. The van der Waals surface area contributed by atoms with E-state index in [4.69, 9.17) is 9.47 Å². The summed E-state index contributed by atoms with van der Waals surface area (Å²) >= 11 is 1.35. The summed E-state index contributed by atoms with van der Waals surface area (Å²) in [5.74, 6) is -0.414. The molecule has 126 valence electrons. The van der Waals surface area contributed by atoms with E-state index in [9.17, 15) is 14.7 Å². The molecule has 0 saturated carbocycles. The molecule has 2 N–H and O–H groups in total. The largest absolute Gasteiger partial charge is 0.493 e. The van der Waals surface area contributed by atoms with Gasteiger partial charge < -0.3 is 19.9 Å². The van der Waals surface area contributed by atoms with Gasteiger partial charge in [0.2, 0.25) is 0 Å². The zero-order valence-corrected chi connectivity index (χ0v) is 14.2. The highest BCUT2D eigenvalue weighted by molar-refractivity contribution is 7.17. The van der Waals surface area contributed by atoms with Crippen molar-refractivity contribution in [2.45, 2.75) is 19.3 Å². The first-order chi connectivity index (χ1) is 11.5. The highest BCUT2D eigenvalue weighted by Crippen LogP contribution is 2.39. The maximum Gasteiger partial charge on any atom is 0.339 e. The molecule has 0 bridgehead atoms.